The molecule has 0 fully saturated rings. The average Bonchev–Trinajstić information content (AvgIpc) is 2.11. The van der Waals surface area contributed by atoms with Gasteiger partial charge < -0.3 is 21.1 Å². The van der Waals surface area contributed by atoms with E-state index in [2.05, 4.69) is 0 Å². The summed E-state index contributed by atoms with van der Waals surface area (Å²) in [5.74, 6) is -2.33. The number of phenolic OH excluding ortho intramolecular Hbond substituents is 1. The Kier molecular flexibility index (Phi) is 2.93. The van der Waals surface area contributed by atoms with Crippen molar-refractivity contribution in [1.29, 1.82) is 0 Å². The Hall–Kier alpha value is -1.75. The third-order valence-corrected chi connectivity index (χ3v) is 1.81. The zero-order valence-electron chi connectivity index (χ0n) is 7.40. The van der Waals surface area contributed by atoms with E-state index in [4.69, 9.17) is 10.8 Å². The van der Waals surface area contributed by atoms with E-state index in [1.54, 1.807) is 0 Å². The van der Waals surface area contributed by atoms with Gasteiger partial charge in [0, 0.05) is 0 Å². The maximum absolute atomic E-state index is 10.6. The Morgan fingerprint density at radius 3 is 2.50 bits per heavy atom. The number of phenols is 2. The predicted molar refractivity (Wildman–Crippen MR) is 49.5 cm³/mol. The maximum Gasteiger partial charge on any atom is 0.339 e. The number of aromatic hydroxyl groups is 2. The Bertz CT molecular complexity index is 362. The van der Waals surface area contributed by atoms with Crippen molar-refractivity contribution in [3.8, 4) is 11.5 Å². The van der Waals surface area contributed by atoms with Crippen LogP contribution in [0.25, 0.3) is 0 Å². The monoisotopic (exact) mass is 197 g/mol. The van der Waals surface area contributed by atoms with Gasteiger partial charge in [-0.05, 0) is 30.7 Å². The van der Waals surface area contributed by atoms with E-state index < -0.39 is 17.5 Å². The van der Waals surface area contributed by atoms with Crippen LogP contribution in [0.15, 0.2) is 12.1 Å². The van der Waals surface area contributed by atoms with Gasteiger partial charge in [0.25, 0.3) is 0 Å². The maximum atomic E-state index is 10.6. The van der Waals surface area contributed by atoms with Gasteiger partial charge in [0.1, 0.15) is 5.56 Å². The zero-order chi connectivity index (χ0) is 10.7. The van der Waals surface area contributed by atoms with E-state index in [1.807, 2.05) is 0 Å². The molecule has 1 rings (SSSR count). The Labute approximate surface area is 80.4 Å². The van der Waals surface area contributed by atoms with Gasteiger partial charge in [0.2, 0.25) is 0 Å². The number of hydrogen-bond acceptors (Lipinski definition) is 4. The first-order valence-corrected chi connectivity index (χ1v) is 4.04. The van der Waals surface area contributed by atoms with Gasteiger partial charge in [0.15, 0.2) is 11.5 Å². The van der Waals surface area contributed by atoms with Crippen molar-refractivity contribution in [2.75, 3.05) is 6.54 Å². The highest BCUT2D eigenvalue weighted by atomic mass is 16.4. The fourth-order valence-electron chi connectivity index (χ4n) is 1.15. The Morgan fingerprint density at radius 2 is 2.00 bits per heavy atom. The molecule has 0 radical (unpaired) electrons. The van der Waals surface area contributed by atoms with Crippen molar-refractivity contribution >= 4 is 5.97 Å². The number of nitrogens with two attached hydrogens (primary N) is 1. The fraction of sp³-hybridized carbons (Fsp3) is 0.222. The van der Waals surface area contributed by atoms with E-state index in [0.29, 0.717) is 18.5 Å². The molecule has 0 bridgehead atoms. The lowest BCUT2D eigenvalue weighted by Crippen LogP contribution is -2.04. The summed E-state index contributed by atoms with van der Waals surface area (Å²) in [5, 5.41) is 27.1. The molecule has 76 valence electrons. The van der Waals surface area contributed by atoms with E-state index in [0.717, 1.165) is 0 Å². The highest BCUT2D eigenvalue weighted by Crippen LogP contribution is 2.30. The summed E-state index contributed by atoms with van der Waals surface area (Å²) in [4.78, 5) is 10.6. The van der Waals surface area contributed by atoms with Crippen LogP contribution in [0.1, 0.15) is 15.9 Å². The largest absolute Gasteiger partial charge is 0.504 e. The first kappa shape index (κ1) is 10.3. The molecular formula is C9H11NO4. The molecule has 1 aromatic carbocycles. The summed E-state index contributed by atoms with van der Waals surface area (Å²) in [6.45, 7) is 0.350. The topological polar surface area (TPSA) is 104 Å². The molecule has 0 atom stereocenters. The van der Waals surface area contributed by atoms with E-state index in [1.165, 1.54) is 12.1 Å². The van der Waals surface area contributed by atoms with Gasteiger partial charge >= 0.3 is 5.97 Å². The molecular weight excluding hydrogens is 186 g/mol. The van der Waals surface area contributed by atoms with Crippen LogP contribution < -0.4 is 5.73 Å². The summed E-state index contributed by atoms with van der Waals surface area (Å²) < 4.78 is 0. The molecule has 5 nitrogen and oxygen atoms in total. The molecule has 0 amide bonds. The van der Waals surface area contributed by atoms with Gasteiger partial charge in [-0.2, -0.15) is 0 Å². The minimum Gasteiger partial charge on any atom is -0.504 e. The molecule has 0 unspecified atom stereocenters. The number of carboxylic acids is 1. The first-order valence-electron chi connectivity index (χ1n) is 4.04. The minimum atomic E-state index is -1.28. The van der Waals surface area contributed by atoms with Crippen molar-refractivity contribution in [2.24, 2.45) is 5.73 Å². The smallest absolute Gasteiger partial charge is 0.339 e. The number of carbonyl (C=O) groups is 1. The molecule has 0 heterocycles. The van der Waals surface area contributed by atoms with Gasteiger partial charge in [-0.1, -0.05) is 0 Å². The van der Waals surface area contributed by atoms with Crippen LogP contribution >= 0.6 is 0 Å². The van der Waals surface area contributed by atoms with Crippen LogP contribution in [-0.4, -0.2) is 27.8 Å². The zero-order valence-corrected chi connectivity index (χ0v) is 7.40. The fourth-order valence-corrected chi connectivity index (χ4v) is 1.15. The highest BCUT2D eigenvalue weighted by molar-refractivity contribution is 5.92. The second-order valence-electron chi connectivity index (χ2n) is 2.85. The summed E-state index contributed by atoms with van der Waals surface area (Å²) in [7, 11) is 0. The molecule has 0 aliphatic heterocycles. The van der Waals surface area contributed by atoms with Crippen molar-refractivity contribution in [1.82, 2.24) is 0 Å². The van der Waals surface area contributed by atoms with Gasteiger partial charge in [-0.25, -0.2) is 4.79 Å². The molecule has 1 aromatic rings. The highest BCUT2D eigenvalue weighted by Gasteiger charge is 2.14. The van der Waals surface area contributed by atoms with Gasteiger partial charge in [-0.15, -0.1) is 0 Å². The quantitative estimate of drug-likeness (QED) is 0.521. The Morgan fingerprint density at radius 1 is 1.36 bits per heavy atom. The van der Waals surface area contributed by atoms with Gasteiger partial charge in [-0.3, -0.25) is 0 Å². The van der Waals surface area contributed by atoms with Crippen molar-refractivity contribution in [2.45, 2.75) is 6.42 Å². The molecule has 5 heteroatoms. The van der Waals surface area contributed by atoms with Crippen LogP contribution in [0.4, 0.5) is 0 Å². The molecule has 0 aromatic heterocycles. The molecule has 0 spiro atoms. The van der Waals surface area contributed by atoms with Crippen molar-refractivity contribution in [3.05, 3.63) is 23.3 Å². The van der Waals surface area contributed by atoms with Crippen molar-refractivity contribution < 1.29 is 20.1 Å². The lowest BCUT2D eigenvalue weighted by molar-refractivity contribution is 0.0693. The summed E-state index contributed by atoms with van der Waals surface area (Å²) in [6, 6.07) is 2.60. The summed E-state index contributed by atoms with van der Waals surface area (Å²) >= 11 is 0. The predicted octanol–water partition coefficient (Wildman–Crippen LogP) is 0.297. The Balaban J connectivity index is 3.21. The number of hydrogen-bond donors (Lipinski definition) is 4. The van der Waals surface area contributed by atoms with Crippen molar-refractivity contribution in [3.63, 3.8) is 0 Å². The number of carboxylic acid groups (broad SMARTS) is 1. The normalized spacial score (nSPS) is 10.1. The molecule has 5 N–H and O–H groups in total. The summed E-state index contributed by atoms with van der Waals surface area (Å²) in [6.07, 6.45) is 0.452. The third-order valence-electron chi connectivity index (χ3n) is 1.81. The average molecular weight is 197 g/mol. The first-order chi connectivity index (χ1) is 6.56. The van der Waals surface area contributed by atoms with Gasteiger partial charge in [0.05, 0.1) is 0 Å². The molecule has 0 saturated carbocycles. The molecule has 0 aliphatic carbocycles. The second-order valence-corrected chi connectivity index (χ2v) is 2.85. The van der Waals surface area contributed by atoms with Crippen LogP contribution in [0.3, 0.4) is 0 Å². The molecule has 0 aliphatic rings. The molecule has 0 saturated heterocycles. The van der Waals surface area contributed by atoms with Crippen LogP contribution in [0.5, 0.6) is 11.5 Å². The standard InChI is InChI=1S/C9H11NO4/c10-2-1-5-3-6(9(13)14)8(12)7(11)4-5/h3-4,11-12H,1-2,10H2,(H,13,14). The van der Waals surface area contributed by atoms with E-state index >= 15 is 0 Å². The third kappa shape index (κ3) is 1.94. The number of benzene rings is 1. The van der Waals surface area contributed by atoms with Crippen LogP contribution in [0.2, 0.25) is 0 Å². The SMILES string of the molecule is NCCc1cc(O)c(O)c(C(=O)O)c1. The van der Waals surface area contributed by atoms with E-state index in [-0.39, 0.29) is 5.56 Å². The van der Waals surface area contributed by atoms with Crippen LogP contribution in [0, 0.1) is 0 Å². The lowest BCUT2D eigenvalue weighted by Gasteiger charge is -2.05. The summed E-state index contributed by atoms with van der Waals surface area (Å²) in [5.41, 5.74) is 5.56. The number of aromatic carboxylic acids is 1. The minimum absolute atomic E-state index is 0.312. The van der Waals surface area contributed by atoms with E-state index in [9.17, 15) is 15.0 Å². The molecule has 14 heavy (non-hydrogen) atoms. The van der Waals surface area contributed by atoms with Crippen LogP contribution in [-0.2, 0) is 6.42 Å². The second kappa shape index (κ2) is 3.97. The lowest BCUT2D eigenvalue weighted by atomic mass is 10.1. The number of rotatable bonds is 3.